The van der Waals surface area contributed by atoms with Gasteiger partial charge in [-0.25, -0.2) is 0 Å². The summed E-state index contributed by atoms with van der Waals surface area (Å²) in [6, 6.07) is 3.81. The van der Waals surface area contributed by atoms with E-state index >= 15 is 0 Å². The molecule has 0 aliphatic carbocycles. The monoisotopic (exact) mass is 670 g/mol. The highest BCUT2D eigenvalue weighted by Crippen LogP contribution is 2.28. The summed E-state index contributed by atoms with van der Waals surface area (Å²) in [6.45, 7) is 48.5. The van der Waals surface area contributed by atoms with Crippen LogP contribution >= 0.6 is 0 Å². The van der Waals surface area contributed by atoms with Crippen molar-refractivity contribution in [2.24, 2.45) is 0 Å². The SMILES string of the molecule is C=C[Si](C)(C)O[Si](C)(C)C=C.CCC[Si](C)(C)O[Si](C)(C)CC[Si](C)(C)O[Si](C)(C)C.C[SiH](C)O[SiH](C)C. The molecule has 0 rings (SSSR count). The second-order valence-electron chi connectivity index (χ2n) is 14.8. The predicted octanol–water partition coefficient (Wildman–Crippen LogP) is 9.71. The number of rotatable bonds is 15. The van der Waals surface area contributed by atoms with Crippen molar-refractivity contribution >= 4 is 68.0 Å². The van der Waals surface area contributed by atoms with Crippen LogP contribution in [-0.2, 0) is 16.5 Å². The zero-order chi connectivity index (χ0) is 31.2. The van der Waals surface area contributed by atoms with Crippen molar-refractivity contribution in [3.63, 3.8) is 0 Å². The zero-order valence-electron chi connectivity index (χ0n) is 29.2. The lowest BCUT2D eigenvalue weighted by molar-refractivity contribution is 0.526. The fourth-order valence-electron chi connectivity index (χ4n) is 4.24. The molecule has 0 aliphatic rings. The Hall–Kier alpha value is 1.06. The van der Waals surface area contributed by atoms with Crippen LogP contribution in [0.2, 0.25) is 129 Å². The average molecular weight is 672 g/mol. The van der Waals surface area contributed by atoms with E-state index in [2.05, 4.69) is 131 Å². The van der Waals surface area contributed by atoms with E-state index in [0.717, 1.165) is 0 Å². The minimum atomic E-state index is -1.58. The first-order valence-corrected chi connectivity index (χ1v) is 39.0. The molecule has 0 saturated carbocycles. The second-order valence-corrected chi connectivity index (χ2v) is 46.0. The van der Waals surface area contributed by atoms with Gasteiger partial charge in [0.2, 0.25) is 0 Å². The molecular weight excluding hydrogens is 601 g/mol. The van der Waals surface area contributed by atoms with Gasteiger partial charge in [0.15, 0.2) is 68.0 Å². The molecule has 0 aliphatic heterocycles. The van der Waals surface area contributed by atoms with Crippen molar-refractivity contribution in [3.05, 3.63) is 24.6 Å². The van der Waals surface area contributed by atoms with Crippen LogP contribution in [0.5, 0.6) is 0 Å². The van der Waals surface area contributed by atoms with Crippen LogP contribution in [0.25, 0.3) is 0 Å². The summed E-state index contributed by atoms with van der Waals surface area (Å²) in [7, 11) is -10.4. The van der Waals surface area contributed by atoms with E-state index in [0.29, 0.717) is 0 Å². The highest BCUT2D eigenvalue weighted by atomic mass is 28.4. The van der Waals surface area contributed by atoms with Gasteiger partial charge in [-0.3, -0.25) is 0 Å². The first kappa shape index (κ1) is 43.5. The second kappa shape index (κ2) is 18.6. The first-order valence-electron chi connectivity index (χ1n) is 14.7. The van der Waals surface area contributed by atoms with E-state index in [-0.39, 0.29) is 0 Å². The van der Waals surface area contributed by atoms with Crippen LogP contribution in [0.4, 0.5) is 0 Å². The maximum atomic E-state index is 6.65. The molecule has 0 spiro atoms. The van der Waals surface area contributed by atoms with Gasteiger partial charge in [-0.05, 0) is 129 Å². The van der Waals surface area contributed by atoms with Gasteiger partial charge >= 0.3 is 0 Å². The molecule has 0 bridgehead atoms. The molecule has 0 aromatic heterocycles. The number of hydrogen-bond acceptors (Lipinski definition) is 4. The summed E-state index contributed by atoms with van der Waals surface area (Å²) in [5.74, 6) is 0. The van der Waals surface area contributed by atoms with E-state index in [4.69, 9.17) is 16.5 Å². The largest absolute Gasteiger partial charge is 0.461 e. The summed E-state index contributed by atoms with van der Waals surface area (Å²) >= 11 is 0. The maximum Gasteiger partial charge on any atom is 0.198 e. The van der Waals surface area contributed by atoms with Gasteiger partial charge in [0.1, 0.15) is 0 Å². The van der Waals surface area contributed by atoms with Crippen molar-refractivity contribution in [3.8, 4) is 0 Å². The average Bonchev–Trinajstić information content (AvgIpc) is 2.63. The van der Waals surface area contributed by atoms with Gasteiger partial charge in [-0.1, -0.05) is 24.7 Å². The summed E-state index contributed by atoms with van der Waals surface area (Å²) in [5.41, 5.74) is 3.93. The first-order chi connectivity index (χ1) is 16.6. The topological polar surface area (TPSA) is 36.9 Å². The molecule has 0 atom stereocenters. The zero-order valence-corrected chi connectivity index (χ0v) is 37.5. The quantitative estimate of drug-likeness (QED) is 0.163. The Kier molecular flexibility index (Phi) is 21.3. The predicted molar refractivity (Wildman–Crippen MR) is 198 cm³/mol. The lowest BCUT2D eigenvalue weighted by Gasteiger charge is -2.37. The molecule has 0 N–H and O–H groups in total. The van der Waals surface area contributed by atoms with Crippen LogP contribution in [-0.4, -0.2) is 68.0 Å². The fourth-order valence-corrected chi connectivity index (χ4v) is 34.5. The maximum absolute atomic E-state index is 6.65. The van der Waals surface area contributed by atoms with Gasteiger partial charge in [0, 0.05) is 0 Å². The van der Waals surface area contributed by atoms with Crippen molar-refractivity contribution in [2.75, 3.05) is 0 Å². The van der Waals surface area contributed by atoms with Gasteiger partial charge in [-0.15, -0.1) is 13.2 Å². The summed E-state index contributed by atoms with van der Waals surface area (Å²) in [4.78, 5) is 0. The molecule has 38 heavy (non-hydrogen) atoms. The lowest BCUT2D eigenvalue weighted by Crippen LogP contribution is -2.47. The van der Waals surface area contributed by atoms with E-state index < -0.39 is 68.0 Å². The normalized spacial score (nSPS) is 13.5. The molecule has 0 aromatic carbocycles. The van der Waals surface area contributed by atoms with E-state index in [1.54, 1.807) is 0 Å². The molecule has 0 aromatic rings. The Balaban J connectivity index is -0.000000567. The van der Waals surface area contributed by atoms with Gasteiger partial charge in [0.25, 0.3) is 0 Å². The Bertz CT molecular complexity index is 634. The Labute approximate surface area is 250 Å². The van der Waals surface area contributed by atoms with Crippen LogP contribution in [0.3, 0.4) is 0 Å². The van der Waals surface area contributed by atoms with Crippen LogP contribution in [0.1, 0.15) is 13.3 Å². The lowest BCUT2D eigenvalue weighted by atomic mass is 10.6. The Morgan fingerprint density at radius 2 is 0.842 bits per heavy atom. The van der Waals surface area contributed by atoms with Crippen molar-refractivity contribution in [1.82, 2.24) is 0 Å². The van der Waals surface area contributed by atoms with E-state index in [9.17, 15) is 0 Å². The van der Waals surface area contributed by atoms with Gasteiger partial charge < -0.3 is 16.5 Å². The van der Waals surface area contributed by atoms with Crippen LogP contribution < -0.4 is 0 Å². The molecule has 0 unspecified atom stereocenters. The highest BCUT2D eigenvalue weighted by Gasteiger charge is 2.36. The number of hydrogen-bond donors (Lipinski definition) is 0. The molecule has 0 heterocycles. The van der Waals surface area contributed by atoms with Crippen molar-refractivity contribution in [2.45, 2.75) is 143 Å². The molecule has 0 amide bonds. The fraction of sp³-hybridized carbons (Fsp3) is 0.846. The van der Waals surface area contributed by atoms with Crippen molar-refractivity contribution in [1.29, 1.82) is 0 Å². The Morgan fingerprint density at radius 1 is 0.526 bits per heavy atom. The molecule has 0 radical (unpaired) electrons. The standard InChI is InChI=1S/C14H38O2Si4.C8H18OSi2.C4H14OSi2/c1-11-12-18(5,6)16-20(9,10)14-13-19(7,8)15-17(2,3)4;1-7-10(3,4)9-11(5,6)8-2;1-6(2)5-7(3)4/h11-14H2,1-10H3;7-8H,1-2H2,3-6H3;6-7H,1-4H3. The third kappa shape index (κ3) is 30.0. The minimum absolute atomic E-state index is 0.667. The third-order valence-corrected chi connectivity index (χ3v) is 30.1. The molecule has 4 nitrogen and oxygen atoms in total. The van der Waals surface area contributed by atoms with E-state index in [1.165, 1.54) is 24.6 Å². The molecule has 230 valence electrons. The molecule has 0 saturated heterocycles. The summed E-state index contributed by atoms with van der Waals surface area (Å²) < 4.78 is 24.6. The molecular formula is C26H70O4Si8. The third-order valence-electron chi connectivity index (χ3n) is 5.37. The summed E-state index contributed by atoms with van der Waals surface area (Å²) in [5, 5.41) is 0. The molecule has 0 fully saturated rings. The van der Waals surface area contributed by atoms with Crippen LogP contribution in [0.15, 0.2) is 24.6 Å². The van der Waals surface area contributed by atoms with Crippen molar-refractivity contribution < 1.29 is 16.5 Å². The minimum Gasteiger partial charge on any atom is -0.461 e. The smallest absolute Gasteiger partial charge is 0.198 e. The highest BCUT2D eigenvalue weighted by molar-refractivity contribution is 6.89. The van der Waals surface area contributed by atoms with Crippen LogP contribution in [0, 0.1) is 0 Å². The van der Waals surface area contributed by atoms with Gasteiger partial charge in [-0.2, -0.15) is 0 Å². The summed E-state index contributed by atoms with van der Waals surface area (Å²) in [6.07, 6.45) is 1.25. The molecule has 12 heteroatoms. The van der Waals surface area contributed by atoms with E-state index in [1.807, 2.05) is 11.4 Å². The Morgan fingerprint density at radius 3 is 1.08 bits per heavy atom. The van der Waals surface area contributed by atoms with Gasteiger partial charge in [0.05, 0.1) is 0 Å².